The van der Waals surface area contributed by atoms with Crippen LogP contribution in [0.5, 0.6) is 5.88 Å². The Kier molecular flexibility index (Phi) is 6.62. The van der Waals surface area contributed by atoms with Gasteiger partial charge >= 0.3 is 0 Å². The molecule has 0 aliphatic heterocycles. The highest BCUT2D eigenvalue weighted by molar-refractivity contribution is 5.94. The fraction of sp³-hybridized carbons (Fsp3) is 0.625. The molecule has 2 unspecified atom stereocenters. The van der Waals surface area contributed by atoms with Crippen LogP contribution in [-0.4, -0.2) is 34.2 Å². The molecule has 0 saturated carbocycles. The highest BCUT2D eigenvalue weighted by Gasteiger charge is 2.24. The lowest BCUT2D eigenvalue weighted by molar-refractivity contribution is 0.0885. The predicted octanol–water partition coefficient (Wildman–Crippen LogP) is 2.54. The summed E-state index contributed by atoms with van der Waals surface area (Å²) in [4.78, 5) is 16.4. The number of carbonyl (C=O) groups is 1. The second-order valence-electron chi connectivity index (χ2n) is 5.56. The molecule has 1 heterocycles. The van der Waals surface area contributed by atoms with Gasteiger partial charge in [-0.3, -0.25) is 4.79 Å². The van der Waals surface area contributed by atoms with Crippen LogP contribution in [0.4, 0.5) is 0 Å². The Hall–Kier alpha value is -1.62. The Balaban J connectivity index is 2.80. The quantitative estimate of drug-likeness (QED) is 0.773. The average molecular weight is 294 g/mol. The first kappa shape index (κ1) is 17.4. The van der Waals surface area contributed by atoms with Crippen molar-refractivity contribution in [2.24, 2.45) is 0 Å². The largest absolute Gasteiger partial charge is 0.475 e. The fourth-order valence-corrected chi connectivity index (χ4v) is 1.83. The number of rotatable bonds is 8. The zero-order chi connectivity index (χ0) is 15.9. The van der Waals surface area contributed by atoms with E-state index in [2.05, 4.69) is 10.3 Å². The summed E-state index contributed by atoms with van der Waals surface area (Å²) in [5.41, 5.74) is 0.105. The minimum atomic E-state index is -0.410. The Morgan fingerprint density at radius 1 is 1.52 bits per heavy atom. The molecule has 118 valence electrons. The molecule has 2 N–H and O–H groups in total. The van der Waals surface area contributed by atoms with Gasteiger partial charge in [-0.25, -0.2) is 4.98 Å². The standard InChI is InChI=1S/C16H26N2O3/c1-5-12(3)21-14-11-13(7-9-17-14)15(20)18-16(4,6-2)8-10-19/h7,9,11-12,19H,5-6,8,10H2,1-4H3,(H,18,20). The van der Waals surface area contributed by atoms with Crippen LogP contribution < -0.4 is 10.1 Å². The number of amides is 1. The van der Waals surface area contributed by atoms with Crippen molar-refractivity contribution >= 4 is 5.91 Å². The minimum Gasteiger partial charge on any atom is -0.475 e. The smallest absolute Gasteiger partial charge is 0.251 e. The number of aliphatic hydroxyl groups is 1. The molecule has 5 nitrogen and oxygen atoms in total. The number of aliphatic hydroxyl groups excluding tert-OH is 1. The zero-order valence-electron chi connectivity index (χ0n) is 13.3. The number of pyridine rings is 1. The molecule has 0 aliphatic rings. The summed E-state index contributed by atoms with van der Waals surface area (Å²) in [6.45, 7) is 7.95. The number of nitrogens with zero attached hydrogens (tertiary/aromatic N) is 1. The molecule has 1 aromatic rings. The maximum atomic E-state index is 12.3. The third kappa shape index (κ3) is 5.34. The van der Waals surface area contributed by atoms with Crippen molar-refractivity contribution in [2.45, 2.75) is 58.6 Å². The topological polar surface area (TPSA) is 71.5 Å². The van der Waals surface area contributed by atoms with Crippen molar-refractivity contribution in [3.8, 4) is 5.88 Å². The molecule has 0 aliphatic carbocycles. The SMILES string of the molecule is CCC(C)Oc1cc(C(=O)NC(C)(CC)CCO)ccn1. The van der Waals surface area contributed by atoms with Crippen LogP contribution >= 0.6 is 0 Å². The molecule has 1 aromatic heterocycles. The maximum Gasteiger partial charge on any atom is 0.251 e. The fourth-order valence-electron chi connectivity index (χ4n) is 1.83. The van der Waals surface area contributed by atoms with Gasteiger partial charge in [-0.2, -0.15) is 0 Å². The molecule has 0 radical (unpaired) electrons. The van der Waals surface area contributed by atoms with Crippen molar-refractivity contribution in [1.82, 2.24) is 10.3 Å². The second kappa shape index (κ2) is 7.98. The molecule has 2 atom stereocenters. The summed E-state index contributed by atoms with van der Waals surface area (Å²) in [6.07, 6.45) is 3.79. The van der Waals surface area contributed by atoms with E-state index in [1.807, 2.05) is 27.7 Å². The summed E-state index contributed by atoms with van der Waals surface area (Å²) < 4.78 is 5.63. The normalized spacial score (nSPS) is 15.1. The van der Waals surface area contributed by atoms with Crippen LogP contribution in [0.25, 0.3) is 0 Å². The summed E-state index contributed by atoms with van der Waals surface area (Å²) in [5, 5.41) is 12.1. The van der Waals surface area contributed by atoms with Crippen molar-refractivity contribution in [3.63, 3.8) is 0 Å². The molecule has 1 rings (SSSR count). The average Bonchev–Trinajstić information content (AvgIpc) is 2.47. The monoisotopic (exact) mass is 294 g/mol. The summed E-state index contributed by atoms with van der Waals surface area (Å²) in [6, 6.07) is 3.31. The van der Waals surface area contributed by atoms with E-state index in [1.165, 1.54) is 0 Å². The van der Waals surface area contributed by atoms with Gasteiger partial charge in [0.2, 0.25) is 5.88 Å². The molecular formula is C16H26N2O3. The lowest BCUT2D eigenvalue weighted by atomic mass is 9.94. The minimum absolute atomic E-state index is 0.0450. The summed E-state index contributed by atoms with van der Waals surface area (Å²) in [7, 11) is 0. The number of ether oxygens (including phenoxy) is 1. The van der Waals surface area contributed by atoms with Gasteiger partial charge in [0.05, 0.1) is 6.10 Å². The summed E-state index contributed by atoms with van der Waals surface area (Å²) in [5.74, 6) is 0.279. The van der Waals surface area contributed by atoms with E-state index in [4.69, 9.17) is 9.84 Å². The summed E-state index contributed by atoms with van der Waals surface area (Å²) >= 11 is 0. The predicted molar refractivity (Wildman–Crippen MR) is 82.5 cm³/mol. The maximum absolute atomic E-state index is 12.3. The van der Waals surface area contributed by atoms with Crippen molar-refractivity contribution in [3.05, 3.63) is 23.9 Å². The Labute approximate surface area is 126 Å². The number of aromatic nitrogens is 1. The lowest BCUT2D eigenvalue weighted by Crippen LogP contribution is -2.46. The molecule has 1 amide bonds. The zero-order valence-corrected chi connectivity index (χ0v) is 13.3. The van der Waals surface area contributed by atoms with Crippen LogP contribution in [-0.2, 0) is 0 Å². The van der Waals surface area contributed by atoms with Crippen LogP contribution in [0, 0.1) is 0 Å². The Morgan fingerprint density at radius 3 is 2.81 bits per heavy atom. The van der Waals surface area contributed by atoms with E-state index in [9.17, 15) is 4.79 Å². The molecule has 21 heavy (non-hydrogen) atoms. The Morgan fingerprint density at radius 2 is 2.24 bits per heavy atom. The second-order valence-corrected chi connectivity index (χ2v) is 5.56. The van der Waals surface area contributed by atoms with E-state index in [1.54, 1.807) is 18.3 Å². The number of hydrogen-bond donors (Lipinski definition) is 2. The van der Waals surface area contributed by atoms with Gasteiger partial charge in [-0.05, 0) is 39.2 Å². The molecule has 0 spiro atoms. The van der Waals surface area contributed by atoms with Crippen LogP contribution in [0.3, 0.4) is 0 Å². The van der Waals surface area contributed by atoms with E-state index < -0.39 is 5.54 Å². The first-order valence-electron chi connectivity index (χ1n) is 7.50. The van der Waals surface area contributed by atoms with E-state index in [0.29, 0.717) is 17.9 Å². The highest BCUT2D eigenvalue weighted by atomic mass is 16.5. The van der Waals surface area contributed by atoms with Crippen LogP contribution in [0.2, 0.25) is 0 Å². The molecular weight excluding hydrogens is 268 g/mol. The molecule has 5 heteroatoms. The van der Waals surface area contributed by atoms with Crippen LogP contribution in [0.1, 0.15) is 57.3 Å². The lowest BCUT2D eigenvalue weighted by Gasteiger charge is -2.29. The highest BCUT2D eigenvalue weighted by Crippen LogP contribution is 2.17. The first-order chi connectivity index (χ1) is 9.94. The van der Waals surface area contributed by atoms with Gasteiger partial charge in [0.15, 0.2) is 0 Å². The van der Waals surface area contributed by atoms with Gasteiger partial charge in [-0.15, -0.1) is 0 Å². The van der Waals surface area contributed by atoms with Gasteiger partial charge in [0.25, 0.3) is 5.91 Å². The van der Waals surface area contributed by atoms with Crippen molar-refractivity contribution in [2.75, 3.05) is 6.61 Å². The van der Waals surface area contributed by atoms with Crippen LogP contribution in [0.15, 0.2) is 18.3 Å². The Bertz CT molecular complexity index is 465. The molecule has 0 fully saturated rings. The third-order valence-electron chi connectivity index (χ3n) is 3.75. The molecule has 0 aromatic carbocycles. The first-order valence-corrected chi connectivity index (χ1v) is 7.50. The van der Waals surface area contributed by atoms with Gasteiger partial charge in [0.1, 0.15) is 0 Å². The van der Waals surface area contributed by atoms with E-state index >= 15 is 0 Å². The van der Waals surface area contributed by atoms with E-state index in [0.717, 1.165) is 12.8 Å². The number of carbonyl (C=O) groups excluding carboxylic acids is 1. The van der Waals surface area contributed by atoms with E-state index in [-0.39, 0.29) is 18.6 Å². The van der Waals surface area contributed by atoms with Gasteiger partial charge in [-0.1, -0.05) is 13.8 Å². The van der Waals surface area contributed by atoms with Gasteiger partial charge < -0.3 is 15.2 Å². The number of hydrogen-bond acceptors (Lipinski definition) is 4. The van der Waals surface area contributed by atoms with Gasteiger partial charge in [0, 0.05) is 30.0 Å². The van der Waals surface area contributed by atoms with Crippen molar-refractivity contribution in [1.29, 1.82) is 0 Å². The number of nitrogens with one attached hydrogen (secondary N) is 1. The third-order valence-corrected chi connectivity index (χ3v) is 3.75. The van der Waals surface area contributed by atoms with Crippen molar-refractivity contribution < 1.29 is 14.6 Å². The molecule has 0 bridgehead atoms. The molecule has 0 saturated heterocycles.